The predicted molar refractivity (Wildman–Crippen MR) is 82.9 cm³/mol. The van der Waals surface area contributed by atoms with Crippen LogP contribution in [0, 0.1) is 0 Å². The molecule has 0 aliphatic carbocycles. The first-order valence-corrected chi connectivity index (χ1v) is 7.97. The van der Waals surface area contributed by atoms with E-state index in [-0.39, 0.29) is 5.91 Å². The standard InChI is InChI=1S/C14H23N3OS/c1-4-8-15-12-5-6-13(17-10-12)14(18)16-9-7-11(2)19-3/h5-6,10-11,15H,4,7-9H2,1-3H3,(H,16,18). The third-order valence-corrected chi connectivity index (χ3v) is 3.85. The molecular weight excluding hydrogens is 258 g/mol. The lowest BCUT2D eigenvalue weighted by Gasteiger charge is -2.09. The van der Waals surface area contributed by atoms with Crippen LogP contribution in [0.2, 0.25) is 0 Å². The highest BCUT2D eigenvalue weighted by atomic mass is 32.2. The fourth-order valence-corrected chi connectivity index (χ4v) is 1.85. The van der Waals surface area contributed by atoms with Crippen molar-refractivity contribution in [2.75, 3.05) is 24.7 Å². The lowest BCUT2D eigenvalue weighted by atomic mass is 10.3. The fraction of sp³-hybridized carbons (Fsp3) is 0.571. The van der Waals surface area contributed by atoms with Crippen LogP contribution in [0.5, 0.6) is 0 Å². The third-order valence-electron chi connectivity index (χ3n) is 2.81. The molecule has 19 heavy (non-hydrogen) atoms. The number of aromatic nitrogens is 1. The Kier molecular flexibility index (Phi) is 7.33. The summed E-state index contributed by atoms with van der Waals surface area (Å²) < 4.78 is 0. The molecule has 5 heteroatoms. The summed E-state index contributed by atoms with van der Waals surface area (Å²) in [4.78, 5) is 16.0. The molecular formula is C14H23N3OS. The van der Waals surface area contributed by atoms with Crippen LogP contribution in [0.1, 0.15) is 37.2 Å². The summed E-state index contributed by atoms with van der Waals surface area (Å²) in [6.07, 6.45) is 5.82. The Hall–Kier alpha value is -1.23. The molecule has 2 N–H and O–H groups in total. The predicted octanol–water partition coefficient (Wildman–Crippen LogP) is 2.77. The van der Waals surface area contributed by atoms with Gasteiger partial charge < -0.3 is 10.6 Å². The van der Waals surface area contributed by atoms with Gasteiger partial charge in [-0.2, -0.15) is 11.8 Å². The summed E-state index contributed by atoms with van der Waals surface area (Å²) in [7, 11) is 0. The van der Waals surface area contributed by atoms with Gasteiger partial charge in [-0.15, -0.1) is 0 Å². The molecule has 1 aromatic rings. The molecule has 0 saturated heterocycles. The molecule has 1 rings (SSSR count). The van der Waals surface area contributed by atoms with Gasteiger partial charge in [-0.3, -0.25) is 4.79 Å². The number of rotatable bonds is 8. The maximum atomic E-state index is 11.8. The van der Waals surface area contributed by atoms with Crippen molar-refractivity contribution in [3.63, 3.8) is 0 Å². The summed E-state index contributed by atoms with van der Waals surface area (Å²) in [6.45, 7) is 5.87. The molecule has 0 aliphatic heterocycles. The van der Waals surface area contributed by atoms with Crippen molar-refractivity contribution < 1.29 is 4.79 Å². The third kappa shape index (κ3) is 5.96. The number of pyridine rings is 1. The lowest BCUT2D eigenvalue weighted by molar-refractivity contribution is 0.0948. The van der Waals surface area contributed by atoms with E-state index in [4.69, 9.17) is 0 Å². The van der Waals surface area contributed by atoms with Gasteiger partial charge in [0.15, 0.2) is 0 Å². The van der Waals surface area contributed by atoms with Gasteiger partial charge in [0, 0.05) is 18.3 Å². The molecule has 1 amide bonds. The Morgan fingerprint density at radius 3 is 2.79 bits per heavy atom. The van der Waals surface area contributed by atoms with Gasteiger partial charge in [0.05, 0.1) is 11.9 Å². The van der Waals surface area contributed by atoms with E-state index in [2.05, 4.69) is 35.7 Å². The van der Waals surface area contributed by atoms with Gasteiger partial charge in [0.25, 0.3) is 5.91 Å². The van der Waals surface area contributed by atoms with E-state index in [0.717, 1.165) is 25.1 Å². The number of thioether (sulfide) groups is 1. The van der Waals surface area contributed by atoms with Gasteiger partial charge >= 0.3 is 0 Å². The van der Waals surface area contributed by atoms with Gasteiger partial charge in [-0.05, 0) is 31.2 Å². The van der Waals surface area contributed by atoms with Gasteiger partial charge in [0.2, 0.25) is 0 Å². The first-order valence-electron chi connectivity index (χ1n) is 6.68. The molecule has 0 radical (unpaired) electrons. The first-order chi connectivity index (χ1) is 9.17. The van der Waals surface area contributed by atoms with Crippen molar-refractivity contribution in [2.45, 2.75) is 31.9 Å². The van der Waals surface area contributed by atoms with Crippen LogP contribution < -0.4 is 10.6 Å². The van der Waals surface area contributed by atoms with Gasteiger partial charge in [-0.25, -0.2) is 4.98 Å². The zero-order valence-electron chi connectivity index (χ0n) is 11.9. The van der Waals surface area contributed by atoms with Crippen molar-refractivity contribution in [3.05, 3.63) is 24.0 Å². The summed E-state index contributed by atoms with van der Waals surface area (Å²) >= 11 is 1.81. The van der Waals surface area contributed by atoms with Crippen LogP contribution in [-0.4, -0.2) is 35.5 Å². The van der Waals surface area contributed by atoms with E-state index < -0.39 is 0 Å². The van der Waals surface area contributed by atoms with Crippen LogP contribution in [0.15, 0.2) is 18.3 Å². The van der Waals surface area contributed by atoms with Gasteiger partial charge in [0.1, 0.15) is 5.69 Å². The molecule has 1 heterocycles. The van der Waals surface area contributed by atoms with Crippen molar-refractivity contribution in [3.8, 4) is 0 Å². The zero-order chi connectivity index (χ0) is 14.1. The number of hydrogen-bond acceptors (Lipinski definition) is 4. The Balaban J connectivity index is 2.40. The molecule has 1 aromatic heterocycles. The van der Waals surface area contributed by atoms with Crippen LogP contribution in [0.4, 0.5) is 5.69 Å². The monoisotopic (exact) mass is 281 g/mol. The normalized spacial score (nSPS) is 11.9. The Bertz CT molecular complexity index is 381. The summed E-state index contributed by atoms with van der Waals surface area (Å²) in [6, 6.07) is 3.65. The van der Waals surface area contributed by atoms with Crippen molar-refractivity contribution in [1.82, 2.24) is 10.3 Å². The minimum absolute atomic E-state index is 0.102. The molecule has 0 bridgehead atoms. The molecule has 0 aromatic carbocycles. The second-order valence-corrected chi connectivity index (χ2v) is 5.73. The van der Waals surface area contributed by atoms with Crippen LogP contribution in [0.3, 0.4) is 0 Å². The summed E-state index contributed by atoms with van der Waals surface area (Å²) in [5.41, 5.74) is 1.42. The van der Waals surface area contributed by atoms with E-state index in [1.54, 1.807) is 24.0 Å². The number of amides is 1. The molecule has 106 valence electrons. The minimum atomic E-state index is -0.102. The van der Waals surface area contributed by atoms with E-state index in [0.29, 0.717) is 17.5 Å². The van der Waals surface area contributed by atoms with Crippen molar-refractivity contribution >= 4 is 23.4 Å². The van der Waals surface area contributed by atoms with E-state index in [1.165, 1.54) is 0 Å². The highest BCUT2D eigenvalue weighted by Crippen LogP contribution is 2.09. The molecule has 4 nitrogen and oxygen atoms in total. The second-order valence-electron chi connectivity index (χ2n) is 4.45. The van der Waals surface area contributed by atoms with E-state index >= 15 is 0 Å². The quantitative estimate of drug-likeness (QED) is 0.769. The summed E-state index contributed by atoms with van der Waals surface area (Å²) in [5.74, 6) is -0.102. The smallest absolute Gasteiger partial charge is 0.269 e. The molecule has 0 fully saturated rings. The van der Waals surface area contributed by atoms with Gasteiger partial charge in [-0.1, -0.05) is 13.8 Å². The Morgan fingerprint density at radius 1 is 1.42 bits per heavy atom. The average Bonchev–Trinajstić information content (AvgIpc) is 2.45. The maximum absolute atomic E-state index is 11.8. The molecule has 1 atom stereocenters. The Morgan fingerprint density at radius 2 is 2.21 bits per heavy atom. The van der Waals surface area contributed by atoms with Crippen molar-refractivity contribution in [1.29, 1.82) is 0 Å². The molecule has 0 aliphatic rings. The van der Waals surface area contributed by atoms with E-state index in [1.807, 2.05) is 6.07 Å². The topological polar surface area (TPSA) is 54.0 Å². The minimum Gasteiger partial charge on any atom is -0.384 e. The number of anilines is 1. The van der Waals surface area contributed by atoms with Crippen LogP contribution >= 0.6 is 11.8 Å². The second kappa shape index (κ2) is 8.80. The summed E-state index contributed by atoms with van der Waals surface area (Å²) in [5, 5.41) is 6.68. The molecule has 1 unspecified atom stereocenters. The number of carbonyl (C=O) groups excluding carboxylic acids is 1. The SMILES string of the molecule is CCCNc1ccc(C(=O)NCCC(C)SC)nc1. The first kappa shape index (κ1) is 15.8. The fourth-order valence-electron chi connectivity index (χ4n) is 1.50. The van der Waals surface area contributed by atoms with Crippen LogP contribution in [-0.2, 0) is 0 Å². The largest absolute Gasteiger partial charge is 0.384 e. The zero-order valence-corrected chi connectivity index (χ0v) is 12.7. The highest BCUT2D eigenvalue weighted by molar-refractivity contribution is 7.99. The maximum Gasteiger partial charge on any atom is 0.269 e. The highest BCUT2D eigenvalue weighted by Gasteiger charge is 2.07. The number of nitrogens with one attached hydrogen (secondary N) is 2. The average molecular weight is 281 g/mol. The lowest BCUT2D eigenvalue weighted by Crippen LogP contribution is -2.26. The van der Waals surface area contributed by atoms with E-state index in [9.17, 15) is 4.79 Å². The number of hydrogen-bond donors (Lipinski definition) is 2. The molecule has 0 spiro atoms. The number of nitrogens with zero attached hydrogens (tertiary/aromatic N) is 1. The Labute approximate surface area is 119 Å². The molecule has 0 saturated carbocycles. The number of carbonyl (C=O) groups is 1. The van der Waals surface area contributed by atoms with Crippen molar-refractivity contribution in [2.24, 2.45) is 0 Å². The van der Waals surface area contributed by atoms with Crippen LogP contribution in [0.25, 0.3) is 0 Å².